The van der Waals surface area contributed by atoms with Crippen LogP contribution >= 0.6 is 11.6 Å². The second kappa shape index (κ2) is 9.43. The van der Waals surface area contributed by atoms with Gasteiger partial charge in [0, 0.05) is 5.56 Å². The van der Waals surface area contributed by atoms with E-state index in [9.17, 15) is 27.3 Å². The quantitative estimate of drug-likeness (QED) is 0.429. The maximum absolute atomic E-state index is 13.0. The molecule has 4 rings (SSSR count). The summed E-state index contributed by atoms with van der Waals surface area (Å²) in [6, 6.07) is 12.6. The monoisotopic (exact) mass is 513 g/mol. The minimum atomic E-state index is -5.02. The van der Waals surface area contributed by atoms with Gasteiger partial charge in [0.2, 0.25) is 0 Å². The Morgan fingerprint density at radius 2 is 1.76 bits per heavy atom. The molecule has 12 heteroatoms. The van der Waals surface area contributed by atoms with Crippen LogP contribution in [0.2, 0.25) is 5.02 Å². The van der Waals surface area contributed by atoms with Gasteiger partial charge in [-0.1, -0.05) is 35.9 Å². The van der Waals surface area contributed by atoms with Crippen molar-refractivity contribution in [3.05, 3.63) is 65.2 Å². The Morgan fingerprint density at radius 1 is 1.03 bits per heavy atom. The molecule has 0 saturated carbocycles. The Bertz CT molecular complexity index is 1280. The number of hydrogen-bond acceptors (Lipinski definition) is 6. The van der Waals surface area contributed by atoms with Gasteiger partial charge in [-0.3, -0.25) is 4.72 Å². The molecule has 0 radical (unpaired) electrons. The number of nitrogens with one attached hydrogen (secondary N) is 1. The molecule has 7 nitrogen and oxygen atoms in total. The summed E-state index contributed by atoms with van der Waals surface area (Å²) < 4.78 is 69.3. The first kappa shape index (κ1) is 23.7. The summed E-state index contributed by atoms with van der Waals surface area (Å²) in [6.45, 7) is -0.153. The lowest BCUT2D eigenvalue weighted by atomic mass is 10.0. The van der Waals surface area contributed by atoms with Crippen LogP contribution in [0.5, 0.6) is 17.2 Å². The van der Waals surface area contributed by atoms with Crippen molar-refractivity contribution in [3.8, 4) is 28.4 Å². The van der Waals surface area contributed by atoms with E-state index in [1.165, 1.54) is 12.1 Å². The third-order valence-corrected chi connectivity index (χ3v) is 6.05. The van der Waals surface area contributed by atoms with E-state index in [4.69, 9.17) is 21.1 Å². The lowest BCUT2D eigenvalue weighted by Gasteiger charge is -2.17. The summed E-state index contributed by atoms with van der Waals surface area (Å²) in [5, 5.41) is 9.98. The first-order valence-corrected chi connectivity index (χ1v) is 11.2. The Labute approximate surface area is 198 Å². The fourth-order valence-corrected chi connectivity index (χ4v) is 4.44. The molecule has 0 aliphatic carbocycles. The van der Waals surface area contributed by atoms with E-state index >= 15 is 0 Å². The highest BCUT2D eigenvalue weighted by Gasteiger charge is 2.33. The van der Waals surface area contributed by atoms with Gasteiger partial charge in [-0.2, -0.15) is 0 Å². The number of carbonyl (C=O) groups is 1. The average molecular weight is 514 g/mol. The van der Waals surface area contributed by atoms with E-state index in [2.05, 4.69) is 9.46 Å². The third-order valence-electron chi connectivity index (χ3n) is 4.64. The molecule has 0 aromatic heterocycles. The van der Waals surface area contributed by atoms with Gasteiger partial charge in [-0.15, -0.1) is 13.2 Å². The number of halogens is 4. The van der Waals surface area contributed by atoms with Crippen LogP contribution in [0.4, 0.5) is 18.9 Å². The van der Waals surface area contributed by atoms with Gasteiger partial charge in [-0.05, 0) is 35.9 Å². The van der Waals surface area contributed by atoms with Crippen LogP contribution in [0.25, 0.3) is 11.1 Å². The maximum atomic E-state index is 13.0. The fraction of sp³-hybridized carbons (Fsp3) is 0.136. The number of esters is 1. The van der Waals surface area contributed by atoms with E-state index < -0.39 is 34.8 Å². The van der Waals surface area contributed by atoms with Gasteiger partial charge in [0.05, 0.1) is 16.3 Å². The third kappa shape index (κ3) is 5.20. The van der Waals surface area contributed by atoms with Crippen LogP contribution in [0.3, 0.4) is 0 Å². The zero-order valence-corrected chi connectivity index (χ0v) is 18.6. The number of fused-ring (bicyclic) bond motifs is 6. The second-order valence-electron chi connectivity index (χ2n) is 6.91. The van der Waals surface area contributed by atoms with E-state index in [0.717, 1.165) is 18.2 Å². The largest absolute Gasteiger partial charge is 0.573 e. The van der Waals surface area contributed by atoms with Gasteiger partial charge in [0.25, 0.3) is 0 Å². The SMILES string of the molecule is O=C1OCCOc2ccccc2-c2ccc(OC(F)(F)F)c(c2)NS(=O)c2cc1cc(Cl)c2O. The number of hydrogen-bond donors (Lipinski definition) is 2. The summed E-state index contributed by atoms with van der Waals surface area (Å²) in [5.74, 6) is -1.72. The van der Waals surface area contributed by atoms with E-state index in [1.54, 1.807) is 24.3 Å². The van der Waals surface area contributed by atoms with Gasteiger partial charge in [0.15, 0.2) is 22.5 Å². The number of rotatable bonds is 1. The predicted octanol–water partition coefficient (Wildman–Crippen LogP) is 5.30. The summed E-state index contributed by atoms with van der Waals surface area (Å²) in [6.07, 6.45) is -5.02. The molecule has 1 aliphatic rings. The van der Waals surface area contributed by atoms with Crippen molar-refractivity contribution < 1.29 is 41.5 Å². The van der Waals surface area contributed by atoms with Crippen molar-refractivity contribution in [2.75, 3.05) is 17.9 Å². The smallest absolute Gasteiger partial charge is 0.505 e. The van der Waals surface area contributed by atoms with Crippen molar-refractivity contribution in [1.82, 2.24) is 0 Å². The molecule has 0 spiro atoms. The number of carbonyl (C=O) groups excluding carboxylic acids is 1. The number of aromatic hydroxyl groups is 1. The molecule has 1 heterocycles. The number of para-hydroxylation sites is 1. The average Bonchev–Trinajstić information content (AvgIpc) is 2.78. The van der Waals surface area contributed by atoms with Crippen LogP contribution in [0, 0.1) is 0 Å². The van der Waals surface area contributed by atoms with E-state index in [-0.39, 0.29) is 34.4 Å². The fourth-order valence-electron chi connectivity index (χ4n) is 3.18. The summed E-state index contributed by atoms with van der Waals surface area (Å²) in [4.78, 5) is 12.1. The summed E-state index contributed by atoms with van der Waals surface area (Å²) in [7, 11) is -2.35. The van der Waals surface area contributed by atoms with Gasteiger partial charge in [0.1, 0.15) is 23.9 Å². The molecule has 1 unspecified atom stereocenters. The van der Waals surface area contributed by atoms with E-state index in [1.807, 2.05) is 0 Å². The van der Waals surface area contributed by atoms with Crippen molar-refractivity contribution in [3.63, 3.8) is 0 Å². The topological polar surface area (TPSA) is 94.1 Å². The Hall–Kier alpha value is -3.44. The van der Waals surface area contributed by atoms with Crippen LogP contribution < -0.4 is 14.2 Å². The number of phenolic OH excluding ortho intramolecular Hbond substituents is 1. The summed E-state index contributed by atoms with van der Waals surface area (Å²) in [5.41, 5.74) is 0.528. The number of cyclic esters (lactones) is 1. The molecular weight excluding hydrogens is 499 g/mol. The standard InChI is InChI=1S/C22H15ClF3NO6S/c23-15-9-13-11-19(20(15)28)34(30)27-16-10-12(5-6-18(16)33-22(24,25)26)14-3-1-2-4-17(14)31-7-8-32-21(13)29/h1-6,9-11,27-28H,7-8H2. The normalized spacial score (nSPS) is 16.1. The number of alkyl halides is 3. The zero-order chi connectivity index (χ0) is 24.5. The van der Waals surface area contributed by atoms with Crippen molar-refractivity contribution in [2.45, 2.75) is 11.3 Å². The first-order chi connectivity index (χ1) is 16.1. The molecule has 34 heavy (non-hydrogen) atoms. The van der Waals surface area contributed by atoms with Gasteiger partial charge < -0.3 is 19.3 Å². The highest BCUT2D eigenvalue weighted by Crippen LogP contribution is 2.39. The van der Waals surface area contributed by atoms with E-state index in [0.29, 0.717) is 16.9 Å². The van der Waals surface area contributed by atoms with Crippen molar-refractivity contribution in [2.24, 2.45) is 0 Å². The Morgan fingerprint density at radius 3 is 2.53 bits per heavy atom. The van der Waals surface area contributed by atoms with Crippen molar-refractivity contribution in [1.29, 1.82) is 0 Å². The minimum absolute atomic E-state index is 0.0201. The molecule has 1 aliphatic heterocycles. The lowest BCUT2D eigenvalue weighted by Crippen LogP contribution is -2.18. The number of anilines is 1. The summed E-state index contributed by atoms with van der Waals surface area (Å²) >= 11 is 5.97. The van der Waals surface area contributed by atoms with Crippen molar-refractivity contribution >= 4 is 34.2 Å². The van der Waals surface area contributed by atoms with Crippen LogP contribution in [-0.4, -0.2) is 34.9 Å². The molecule has 0 fully saturated rings. The molecule has 0 amide bonds. The minimum Gasteiger partial charge on any atom is -0.505 e. The molecule has 3 aromatic rings. The molecular formula is C22H15ClF3NO6S. The zero-order valence-electron chi connectivity index (χ0n) is 17.0. The number of ether oxygens (including phenoxy) is 3. The van der Waals surface area contributed by atoms with Gasteiger partial charge >= 0.3 is 12.3 Å². The second-order valence-corrected chi connectivity index (χ2v) is 8.50. The molecule has 1 atom stereocenters. The lowest BCUT2D eigenvalue weighted by molar-refractivity contribution is -0.274. The van der Waals surface area contributed by atoms with Crippen LogP contribution in [-0.2, 0) is 15.7 Å². The number of phenols is 1. The molecule has 178 valence electrons. The predicted molar refractivity (Wildman–Crippen MR) is 117 cm³/mol. The highest BCUT2D eigenvalue weighted by atomic mass is 35.5. The van der Waals surface area contributed by atoms with Crippen LogP contribution in [0.1, 0.15) is 10.4 Å². The molecule has 4 bridgehead atoms. The Balaban J connectivity index is 1.87. The molecule has 2 N–H and O–H groups in total. The molecule has 3 aromatic carbocycles. The first-order valence-electron chi connectivity index (χ1n) is 9.62. The number of benzene rings is 3. The molecule has 0 saturated heterocycles. The maximum Gasteiger partial charge on any atom is 0.573 e. The Kier molecular flexibility index (Phi) is 6.58. The highest BCUT2D eigenvalue weighted by molar-refractivity contribution is 7.86. The van der Waals surface area contributed by atoms with Crippen LogP contribution in [0.15, 0.2) is 59.5 Å². The van der Waals surface area contributed by atoms with Gasteiger partial charge in [-0.25, -0.2) is 9.00 Å².